The van der Waals surface area contributed by atoms with Gasteiger partial charge in [-0.05, 0) is 141 Å². The zero-order valence-electron chi connectivity index (χ0n) is 83.7. The normalized spacial score (nSPS) is 11.5. The van der Waals surface area contributed by atoms with Crippen LogP contribution in [0.1, 0.15) is 42.0 Å². The topological polar surface area (TPSA) is 331 Å². The summed E-state index contributed by atoms with van der Waals surface area (Å²) in [6.45, 7) is 6.34. The first-order chi connectivity index (χ1) is 71.9. The second-order valence-corrected chi connectivity index (χ2v) is 34.0. The van der Waals surface area contributed by atoms with E-state index < -0.39 is 0 Å². The number of nitrogens with zero attached hydrogens (tertiary/aromatic N) is 24. The summed E-state index contributed by atoms with van der Waals surface area (Å²) in [5.74, 6) is 22.2. The Morgan fingerprint density at radius 1 is 0.347 bits per heavy atom. The Bertz CT molecular complexity index is 7890. The molecular weight excluding hydrogens is 1850 g/mol. The number of anilines is 8. The first-order valence-corrected chi connectivity index (χ1v) is 47.2. The molecule has 20 rings (SSSR count). The molecule has 11 aromatic heterocycles. The van der Waals surface area contributed by atoms with Crippen molar-refractivity contribution in [2.75, 3.05) is 123 Å². The van der Waals surface area contributed by atoms with Crippen LogP contribution in [0.25, 0.3) is 89.2 Å². The number of rotatable bonds is 30. The number of pyridine rings is 2. The number of aromatic nitrogens is 20. The van der Waals surface area contributed by atoms with Gasteiger partial charge in [0.1, 0.15) is 57.4 Å². The van der Waals surface area contributed by atoms with Crippen molar-refractivity contribution in [1.29, 1.82) is 0 Å². The van der Waals surface area contributed by atoms with E-state index in [1.165, 1.54) is 0 Å². The van der Waals surface area contributed by atoms with E-state index in [1.54, 1.807) is 140 Å². The van der Waals surface area contributed by atoms with Crippen molar-refractivity contribution < 1.29 is 47.4 Å². The van der Waals surface area contributed by atoms with Gasteiger partial charge >= 0.3 is 0 Å². The van der Waals surface area contributed by atoms with Gasteiger partial charge in [0.25, 0.3) is 0 Å². The molecule has 12 heterocycles. The molecular formula is C113H108N24O10. The van der Waals surface area contributed by atoms with E-state index in [0.717, 1.165) is 210 Å². The zero-order valence-corrected chi connectivity index (χ0v) is 83.7. The lowest BCUT2D eigenvalue weighted by Gasteiger charge is -2.26. The summed E-state index contributed by atoms with van der Waals surface area (Å²) < 4.78 is 62.1. The second kappa shape index (κ2) is 47.8. The van der Waals surface area contributed by atoms with Crippen LogP contribution in [-0.4, -0.2) is 202 Å². The largest absolute Gasteiger partial charge is 0.497 e. The van der Waals surface area contributed by atoms with Gasteiger partial charge in [0, 0.05) is 237 Å². The van der Waals surface area contributed by atoms with Gasteiger partial charge in [-0.2, -0.15) is 20.4 Å². The number of ether oxygens (including phenoxy) is 10. The van der Waals surface area contributed by atoms with Crippen LogP contribution in [0.3, 0.4) is 0 Å². The van der Waals surface area contributed by atoms with E-state index in [1.807, 2.05) is 238 Å². The van der Waals surface area contributed by atoms with Crippen LogP contribution >= 0.6 is 0 Å². The van der Waals surface area contributed by atoms with Crippen molar-refractivity contribution in [3.05, 3.63) is 298 Å². The average Bonchev–Trinajstić information content (AvgIpc) is 1.76. The average molecular weight is 1960 g/mol. The van der Waals surface area contributed by atoms with Crippen LogP contribution in [0.15, 0.2) is 275 Å². The second-order valence-electron chi connectivity index (χ2n) is 34.0. The smallest absolute Gasteiger partial charge is 0.213 e. The monoisotopic (exact) mass is 1960 g/mol. The number of aryl methyl sites for hydroxylation is 5. The molecule has 8 aromatic carbocycles. The highest BCUT2D eigenvalue weighted by Gasteiger charge is 2.23. The highest BCUT2D eigenvalue weighted by atomic mass is 16.5. The number of fused-ring (bicyclic) bond motifs is 4. The summed E-state index contributed by atoms with van der Waals surface area (Å²) >= 11 is 0. The van der Waals surface area contributed by atoms with Crippen LogP contribution in [0, 0.1) is 48.9 Å². The molecule has 1 fully saturated rings. The highest BCUT2D eigenvalue weighted by molar-refractivity contribution is 5.88. The molecule has 0 aliphatic carbocycles. The lowest BCUT2D eigenvalue weighted by atomic mass is 10.0. The Hall–Kier alpha value is -18.6. The Morgan fingerprint density at radius 2 is 0.735 bits per heavy atom. The Morgan fingerprint density at radius 3 is 1.10 bits per heavy atom. The SMILES string of the molecule is C#CCN(c1cc(OC)cc(OC)c1)c1ccc2ncc(-c3cnn(CC4CCOCC4)c3)nc2c1.COc1cc(OC)cc(N(CC#Cc2ccccn2)c2ccc3ncc(-c4cnn(C)c4)nc3c2)c1.COc1cc(OC)cc(N(CC#Cc2cnc(C)cn2)c2ccc3ncc(-c4cnn(C)c4)nc3c2)c1.COc1cc(OC)cc(N(CCCc2cccc(OC)n2)c2ccc3ncc(-c4cnn(C)c4)nc3c2)c1. The molecule has 0 saturated carbocycles. The summed E-state index contributed by atoms with van der Waals surface area (Å²) in [6, 6.07) is 58.6. The van der Waals surface area contributed by atoms with E-state index >= 15 is 0 Å². The van der Waals surface area contributed by atoms with Gasteiger partial charge in [0.15, 0.2) is 0 Å². The molecule has 34 heteroatoms. The minimum Gasteiger partial charge on any atom is -0.497 e. The summed E-state index contributed by atoms with van der Waals surface area (Å²) in [5, 5.41) is 17.3. The quantitative estimate of drug-likeness (QED) is 0.0377. The minimum atomic E-state index is 0.369. The van der Waals surface area contributed by atoms with E-state index in [2.05, 4.69) is 117 Å². The summed E-state index contributed by atoms with van der Waals surface area (Å²) in [5.41, 5.74) is 23.5. The summed E-state index contributed by atoms with van der Waals surface area (Å²) in [7, 11) is 20.4. The zero-order chi connectivity index (χ0) is 102. The molecule has 1 aliphatic rings. The van der Waals surface area contributed by atoms with Gasteiger partial charge in [-0.3, -0.25) is 43.6 Å². The molecule has 0 N–H and O–H groups in total. The van der Waals surface area contributed by atoms with Gasteiger partial charge in [0.2, 0.25) is 5.88 Å². The van der Waals surface area contributed by atoms with E-state index in [4.69, 9.17) is 73.7 Å². The van der Waals surface area contributed by atoms with Crippen LogP contribution in [-0.2, 0) is 38.8 Å². The number of hydrogen-bond donors (Lipinski definition) is 0. The van der Waals surface area contributed by atoms with Gasteiger partial charge in [-0.25, -0.2) is 34.9 Å². The van der Waals surface area contributed by atoms with Crippen molar-refractivity contribution in [1.82, 2.24) is 98.9 Å². The Balaban J connectivity index is 0.000000134. The van der Waals surface area contributed by atoms with Crippen molar-refractivity contribution in [2.24, 2.45) is 27.1 Å². The van der Waals surface area contributed by atoms with E-state index in [-0.39, 0.29) is 0 Å². The highest BCUT2D eigenvalue weighted by Crippen LogP contribution is 2.41. The van der Waals surface area contributed by atoms with Crippen LogP contribution in [0.2, 0.25) is 0 Å². The van der Waals surface area contributed by atoms with Gasteiger partial charge in [-0.1, -0.05) is 29.9 Å². The fourth-order valence-electron chi connectivity index (χ4n) is 16.4. The molecule has 0 unspecified atom stereocenters. The molecule has 0 bridgehead atoms. The van der Waals surface area contributed by atoms with Crippen molar-refractivity contribution in [2.45, 2.75) is 39.2 Å². The third kappa shape index (κ3) is 25.5. The fraction of sp³-hybridized carbons (Fsp3) is 0.221. The first-order valence-electron chi connectivity index (χ1n) is 47.2. The number of hydrogen-bond acceptors (Lipinski definition) is 30. The maximum atomic E-state index is 5.73. The lowest BCUT2D eigenvalue weighted by Crippen LogP contribution is -2.20. The molecule has 0 atom stereocenters. The molecule has 1 aliphatic heterocycles. The number of terminal acetylenes is 1. The van der Waals surface area contributed by atoms with Gasteiger partial charge in [-0.15, -0.1) is 6.42 Å². The Kier molecular flexibility index (Phi) is 32.5. The van der Waals surface area contributed by atoms with Crippen molar-refractivity contribution in [3.8, 4) is 133 Å². The lowest BCUT2D eigenvalue weighted by molar-refractivity contribution is 0.0601. The summed E-state index contributed by atoms with van der Waals surface area (Å²) in [4.78, 5) is 63.9. The van der Waals surface area contributed by atoms with Crippen LogP contribution < -0.4 is 62.2 Å². The van der Waals surface area contributed by atoms with Crippen LogP contribution in [0.4, 0.5) is 45.5 Å². The van der Waals surface area contributed by atoms with Crippen LogP contribution in [0.5, 0.6) is 51.9 Å². The van der Waals surface area contributed by atoms with Gasteiger partial charge in [0.05, 0.1) is 212 Å². The molecule has 1 saturated heterocycles. The maximum absolute atomic E-state index is 5.73. The molecule has 740 valence electrons. The molecule has 0 radical (unpaired) electrons. The van der Waals surface area contributed by atoms with Crippen molar-refractivity contribution in [3.63, 3.8) is 0 Å². The third-order valence-electron chi connectivity index (χ3n) is 24.1. The standard InChI is InChI=1S/C29H30N6O3.C28H25N7O2.C28H24N6O2.C28H29N5O3/c1-34-19-20(17-31-34)28-18-30-26-11-10-22(15-27(26)33-28)35(23-13-24(36-2)16-25(14-23)37-3)12-6-8-21-7-5-9-29(32-21)38-4;1-19-14-30-21(16-29-19)6-5-9-35(23-10-24(36-3)13-25(11-23)37-4)22-7-8-26-27(12-22)33-28(17-31-26)20-15-32-34(2)18-20;1-33-19-20(17-31-33)28-18-30-26-10-9-22(15-27(26)32-28)34(12-6-8-21-7-4-5-11-29-21)23-13-24(35-2)16-25(14-23)36-3;1-4-9-33(23-12-24(34-2)15-25(13-23)35-3)22-5-6-26-27(14-22)31-28(17-29-26)21-16-30-32(19-21)18-20-7-10-36-11-8-20/h5,7,9-11,13-19H,6,8,12H2,1-4H3;7-8,10-18H,9H2,1-4H3;4-5,7,9-11,13-19H,12H2,1-3H3;1,5-6,12-17,19-20H,7-11,18H2,2-3H3. The molecule has 0 spiro atoms. The molecule has 19 aromatic rings. The van der Waals surface area contributed by atoms with Gasteiger partial charge < -0.3 is 67.0 Å². The van der Waals surface area contributed by atoms with E-state index in [9.17, 15) is 0 Å². The third-order valence-corrected chi connectivity index (χ3v) is 24.1. The molecule has 0 amide bonds. The predicted octanol–water partition coefficient (Wildman–Crippen LogP) is 18.9. The molecule has 147 heavy (non-hydrogen) atoms. The van der Waals surface area contributed by atoms with Crippen molar-refractivity contribution >= 4 is 89.6 Å². The predicted molar refractivity (Wildman–Crippen MR) is 568 cm³/mol. The summed E-state index contributed by atoms with van der Waals surface area (Å²) in [6.07, 6.45) is 36.8. The molecule has 34 nitrogen and oxygen atoms in total. The Labute approximate surface area is 851 Å². The number of benzene rings is 8. The fourth-order valence-corrected chi connectivity index (χ4v) is 16.4. The van der Waals surface area contributed by atoms with E-state index in [0.29, 0.717) is 77.3 Å². The number of methoxy groups -OCH3 is 9. The minimum absolute atomic E-state index is 0.369. The maximum Gasteiger partial charge on any atom is 0.213 e. The first kappa shape index (κ1) is 99.9.